The molecule has 1 fully saturated rings. The Kier molecular flexibility index (Phi) is 5.74. The summed E-state index contributed by atoms with van der Waals surface area (Å²) in [6.45, 7) is 0. The van der Waals surface area contributed by atoms with E-state index in [9.17, 15) is 22.8 Å². The van der Waals surface area contributed by atoms with Gasteiger partial charge in [-0.2, -0.15) is 13.2 Å². The molecule has 1 aliphatic rings. The summed E-state index contributed by atoms with van der Waals surface area (Å²) in [5.74, 6) is -4.14. The summed E-state index contributed by atoms with van der Waals surface area (Å²) in [6.07, 6.45) is -3.08. The molecule has 4 nitrogen and oxygen atoms in total. The van der Waals surface area contributed by atoms with Crippen molar-refractivity contribution in [3.63, 3.8) is 0 Å². The summed E-state index contributed by atoms with van der Waals surface area (Å²) in [5.41, 5.74) is 0. The van der Waals surface area contributed by atoms with Crippen molar-refractivity contribution in [2.24, 2.45) is 5.92 Å². The summed E-state index contributed by atoms with van der Waals surface area (Å²) < 4.78 is 35.9. The van der Waals surface area contributed by atoms with E-state index in [1.807, 2.05) is 0 Å². The molecular weight excluding hydrogens is 263 g/mol. The summed E-state index contributed by atoms with van der Waals surface area (Å²) in [5, 5.41) is 10.5. The number of nitrogens with one attached hydrogen (secondary N) is 1. The van der Waals surface area contributed by atoms with E-state index in [-0.39, 0.29) is 18.8 Å². The molecule has 0 saturated heterocycles. The van der Waals surface area contributed by atoms with Crippen LogP contribution in [0.5, 0.6) is 0 Å². The molecule has 0 radical (unpaired) electrons. The van der Waals surface area contributed by atoms with Crippen LogP contribution in [0.2, 0.25) is 0 Å². The average Bonchev–Trinajstić information content (AvgIpc) is 2.16. The van der Waals surface area contributed by atoms with Gasteiger partial charge in [0.2, 0.25) is 0 Å². The van der Waals surface area contributed by atoms with Crippen molar-refractivity contribution in [2.75, 3.05) is 0 Å². The standard InChI is InChI=1S/C9H12F3NO3.ClH/c10-9(11,12)8(16)13-6-4-2-1-3-5(6)7(14)15;/h5-6H,1-4H2,(H,13,16)(H,14,15);1H. The number of hydrogen-bond donors (Lipinski definition) is 2. The first-order chi connectivity index (χ1) is 7.32. The van der Waals surface area contributed by atoms with Gasteiger partial charge in [0.1, 0.15) is 0 Å². The summed E-state index contributed by atoms with van der Waals surface area (Å²) in [7, 11) is 0. The zero-order chi connectivity index (χ0) is 12.3. The highest BCUT2D eigenvalue weighted by Gasteiger charge is 2.42. The monoisotopic (exact) mass is 275 g/mol. The van der Waals surface area contributed by atoms with E-state index in [0.29, 0.717) is 19.3 Å². The van der Waals surface area contributed by atoms with Crippen molar-refractivity contribution in [3.8, 4) is 0 Å². The minimum Gasteiger partial charge on any atom is -0.481 e. The van der Waals surface area contributed by atoms with Crippen molar-refractivity contribution >= 4 is 24.3 Å². The van der Waals surface area contributed by atoms with Crippen LogP contribution in [0.25, 0.3) is 0 Å². The van der Waals surface area contributed by atoms with Gasteiger partial charge >= 0.3 is 18.1 Å². The van der Waals surface area contributed by atoms with Crippen molar-refractivity contribution in [1.29, 1.82) is 0 Å². The maximum Gasteiger partial charge on any atom is 0.471 e. The normalized spacial score (nSPS) is 24.6. The van der Waals surface area contributed by atoms with E-state index in [1.54, 1.807) is 5.32 Å². The Bertz CT molecular complexity index is 296. The molecule has 8 heteroatoms. The molecule has 1 aliphatic carbocycles. The predicted octanol–water partition coefficient (Wildman–Crippen LogP) is 1.73. The summed E-state index contributed by atoms with van der Waals surface area (Å²) >= 11 is 0. The van der Waals surface area contributed by atoms with Crippen LogP contribution in [0.4, 0.5) is 13.2 Å². The topological polar surface area (TPSA) is 66.4 Å². The number of alkyl halides is 3. The first kappa shape index (κ1) is 16.0. The summed E-state index contributed by atoms with van der Waals surface area (Å²) in [4.78, 5) is 21.4. The van der Waals surface area contributed by atoms with Crippen LogP contribution >= 0.6 is 12.4 Å². The SMILES string of the molecule is Cl.O=C(O)C1CCCCC1NC(=O)C(F)(F)F. The zero-order valence-electron chi connectivity index (χ0n) is 8.79. The van der Waals surface area contributed by atoms with Crippen LogP contribution in [0.3, 0.4) is 0 Å². The zero-order valence-corrected chi connectivity index (χ0v) is 9.61. The molecule has 17 heavy (non-hydrogen) atoms. The Hall–Kier alpha value is -0.980. The van der Waals surface area contributed by atoms with E-state index < -0.39 is 30.0 Å². The van der Waals surface area contributed by atoms with Gasteiger partial charge in [-0.3, -0.25) is 9.59 Å². The van der Waals surface area contributed by atoms with Crippen LogP contribution in [-0.2, 0) is 9.59 Å². The average molecular weight is 276 g/mol. The van der Waals surface area contributed by atoms with Crippen molar-refractivity contribution in [1.82, 2.24) is 5.32 Å². The van der Waals surface area contributed by atoms with Gasteiger partial charge in [-0.25, -0.2) is 0 Å². The van der Waals surface area contributed by atoms with E-state index in [1.165, 1.54) is 0 Å². The Labute approximate surface area is 102 Å². The number of rotatable bonds is 2. The van der Waals surface area contributed by atoms with E-state index in [4.69, 9.17) is 5.11 Å². The minimum atomic E-state index is -4.96. The second-order valence-electron chi connectivity index (χ2n) is 3.81. The van der Waals surface area contributed by atoms with Gasteiger partial charge in [0.15, 0.2) is 0 Å². The number of carbonyl (C=O) groups is 2. The second kappa shape index (κ2) is 6.09. The smallest absolute Gasteiger partial charge is 0.471 e. The summed E-state index contributed by atoms with van der Waals surface area (Å²) in [6, 6.07) is -0.916. The third-order valence-corrected chi connectivity index (χ3v) is 2.66. The number of hydrogen-bond acceptors (Lipinski definition) is 2. The quantitative estimate of drug-likeness (QED) is 0.806. The highest BCUT2D eigenvalue weighted by molar-refractivity contribution is 5.85. The lowest BCUT2D eigenvalue weighted by Gasteiger charge is -2.29. The van der Waals surface area contributed by atoms with Gasteiger partial charge in [-0.05, 0) is 12.8 Å². The fourth-order valence-corrected chi connectivity index (χ4v) is 1.85. The molecule has 0 spiro atoms. The van der Waals surface area contributed by atoms with Gasteiger partial charge in [-0.15, -0.1) is 12.4 Å². The number of carbonyl (C=O) groups excluding carboxylic acids is 1. The molecule has 2 atom stereocenters. The van der Waals surface area contributed by atoms with Crippen LogP contribution < -0.4 is 5.32 Å². The number of amides is 1. The third kappa shape index (κ3) is 4.41. The molecule has 2 unspecified atom stereocenters. The van der Waals surface area contributed by atoms with Gasteiger partial charge in [0.25, 0.3) is 0 Å². The van der Waals surface area contributed by atoms with Crippen LogP contribution in [0.1, 0.15) is 25.7 Å². The van der Waals surface area contributed by atoms with Gasteiger partial charge in [-0.1, -0.05) is 12.8 Å². The molecular formula is C9H13ClF3NO3. The molecule has 0 heterocycles. The first-order valence-electron chi connectivity index (χ1n) is 4.93. The Morgan fingerprint density at radius 3 is 2.18 bits per heavy atom. The molecule has 1 saturated carbocycles. The first-order valence-corrected chi connectivity index (χ1v) is 4.93. The maximum absolute atomic E-state index is 12.0. The number of carboxylic acids is 1. The Morgan fingerprint density at radius 2 is 1.71 bits per heavy atom. The molecule has 0 aromatic heterocycles. The highest BCUT2D eigenvalue weighted by Crippen LogP contribution is 2.26. The Morgan fingerprint density at radius 1 is 1.18 bits per heavy atom. The lowest BCUT2D eigenvalue weighted by molar-refractivity contribution is -0.175. The number of carboxylic acid groups (broad SMARTS) is 1. The molecule has 2 N–H and O–H groups in total. The van der Waals surface area contributed by atoms with E-state index in [2.05, 4.69) is 0 Å². The predicted molar refractivity (Wildman–Crippen MR) is 54.8 cm³/mol. The minimum absolute atomic E-state index is 0. The largest absolute Gasteiger partial charge is 0.481 e. The molecule has 1 amide bonds. The second-order valence-corrected chi connectivity index (χ2v) is 3.81. The maximum atomic E-state index is 12.0. The van der Waals surface area contributed by atoms with Crippen LogP contribution in [0.15, 0.2) is 0 Å². The third-order valence-electron chi connectivity index (χ3n) is 2.66. The fourth-order valence-electron chi connectivity index (χ4n) is 1.85. The van der Waals surface area contributed by atoms with Gasteiger partial charge in [0, 0.05) is 6.04 Å². The molecule has 0 aliphatic heterocycles. The van der Waals surface area contributed by atoms with Crippen LogP contribution in [0, 0.1) is 5.92 Å². The lowest BCUT2D eigenvalue weighted by Crippen LogP contribution is -2.49. The van der Waals surface area contributed by atoms with Crippen molar-refractivity contribution < 1.29 is 27.9 Å². The van der Waals surface area contributed by atoms with Crippen molar-refractivity contribution in [3.05, 3.63) is 0 Å². The Balaban J connectivity index is 0.00000256. The van der Waals surface area contributed by atoms with Gasteiger partial charge in [0.05, 0.1) is 5.92 Å². The highest BCUT2D eigenvalue weighted by atomic mass is 35.5. The number of aliphatic carboxylic acids is 1. The van der Waals surface area contributed by atoms with Crippen molar-refractivity contribution in [2.45, 2.75) is 37.9 Å². The van der Waals surface area contributed by atoms with Gasteiger partial charge < -0.3 is 10.4 Å². The molecule has 100 valence electrons. The van der Waals surface area contributed by atoms with E-state index >= 15 is 0 Å². The molecule has 1 rings (SSSR count). The molecule has 0 bridgehead atoms. The molecule has 0 aromatic carbocycles. The number of halogens is 4. The lowest BCUT2D eigenvalue weighted by atomic mass is 9.84. The van der Waals surface area contributed by atoms with Crippen LogP contribution in [-0.4, -0.2) is 29.2 Å². The fraction of sp³-hybridized carbons (Fsp3) is 0.778. The molecule has 0 aromatic rings. The van der Waals surface area contributed by atoms with E-state index in [0.717, 1.165) is 0 Å².